The van der Waals surface area contributed by atoms with Gasteiger partial charge >= 0.3 is 6.01 Å². The van der Waals surface area contributed by atoms with Crippen molar-refractivity contribution in [3.8, 4) is 0 Å². The van der Waals surface area contributed by atoms with Crippen LogP contribution in [0.2, 0.25) is 0 Å². The number of anilines is 1. The Labute approximate surface area is 115 Å². The second kappa shape index (κ2) is 6.37. The van der Waals surface area contributed by atoms with Crippen LogP contribution in [0.15, 0.2) is 4.42 Å². The highest BCUT2D eigenvalue weighted by molar-refractivity contribution is 5.17. The van der Waals surface area contributed by atoms with Crippen molar-refractivity contribution in [1.29, 1.82) is 0 Å². The molecule has 0 bridgehead atoms. The van der Waals surface area contributed by atoms with Crippen LogP contribution >= 0.6 is 0 Å². The predicted molar refractivity (Wildman–Crippen MR) is 76.0 cm³/mol. The first kappa shape index (κ1) is 14.3. The summed E-state index contributed by atoms with van der Waals surface area (Å²) in [4.78, 5) is 0. The van der Waals surface area contributed by atoms with Crippen molar-refractivity contribution in [2.45, 2.75) is 65.5 Å². The summed E-state index contributed by atoms with van der Waals surface area (Å²) in [6.45, 7) is 8.09. The van der Waals surface area contributed by atoms with Crippen LogP contribution in [0.25, 0.3) is 0 Å². The molecule has 2 rings (SSSR count). The van der Waals surface area contributed by atoms with Crippen LogP contribution in [-0.2, 0) is 6.54 Å². The van der Waals surface area contributed by atoms with Crippen LogP contribution in [0.1, 0.15) is 58.8 Å². The summed E-state index contributed by atoms with van der Waals surface area (Å²) < 4.78 is 5.57. The molecule has 2 N–H and O–H groups in total. The Bertz CT molecular complexity index is 383. The first-order valence-corrected chi connectivity index (χ1v) is 7.37. The summed E-state index contributed by atoms with van der Waals surface area (Å²) in [6.07, 6.45) is 6.63. The van der Waals surface area contributed by atoms with Crippen molar-refractivity contribution in [3.05, 3.63) is 5.89 Å². The van der Waals surface area contributed by atoms with Crippen molar-refractivity contribution in [3.63, 3.8) is 0 Å². The van der Waals surface area contributed by atoms with E-state index < -0.39 is 0 Å². The van der Waals surface area contributed by atoms with Crippen molar-refractivity contribution in [2.24, 2.45) is 5.41 Å². The van der Waals surface area contributed by atoms with Crippen molar-refractivity contribution >= 4 is 6.01 Å². The molecule has 1 saturated carbocycles. The van der Waals surface area contributed by atoms with Gasteiger partial charge in [0.1, 0.15) is 0 Å². The van der Waals surface area contributed by atoms with E-state index in [-0.39, 0.29) is 0 Å². The van der Waals surface area contributed by atoms with Gasteiger partial charge in [-0.25, -0.2) is 0 Å². The normalized spacial score (nSPS) is 18.7. The Kier molecular flexibility index (Phi) is 4.80. The quantitative estimate of drug-likeness (QED) is 0.829. The molecule has 1 fully saturated rings. The van der Waals surface area contributed by atoms with E-state index in [2.05, 4.69) is 41.6 Å². The molecular weight excluding hydrogens is 240 g/mol. The van der Waals surface area contributed by atoms with Crippen molar-refractivity contribution in [1.82, 2.24) is 15.5 Å². The first-order chi connectivity index (χ1) is 9.07. The van der Waals surface area contributed by atoms with Crippen molar-refractivity contribution < 1.29 is 4.42 Å². The van der Waals surface area contributed by atoms with Crippen LogP contribution in [0.5, 0.6) is 0 Å². The van der Waals surface area contributed by atoms with Gasteiger partial charge in [-0.2, -0.15) is 0 Å². The molecule has 1 aromatic rings. The Morgan fingerprint density at radius 3 is 2.63 bits per heavy atom. The molecule has 0 spiro atoms. The molecule has 0 unspecified atom stereocenters. The highest BCUT2D eigenvalue weighted by atomic mass is 16.4. The molecule has 1 aliphatic rings. The van der Waals surface area contributed by atoms with E-state index in [9.17, 15) is 0 Å². The van der Waals surface area contributed by atoms with Crippen LogP contribution in [0.3, 0.4) is 0 Å². The largest absolute Gasteiger partial charge is 0.407 e. The van der Waals surface area contributed by atoms with Crippen molar-refractivity contribution in [2.75, 3.05) is 11.9 Å². The van der Waals surface area contributed by atoms with Crippen LogP contribution in [-0.4, -0.2) is 22.8 Å². The van der Waals surface area contributed by atoms with Gasteiger partial charge in [-0.1, -0.05) is 45.1 Å². The fraction of sp³-hybridized carbons (Fsp3) is 0.857. The number of hydrogen-bond acceptors (Lipinski definition) is 5. The molecule has 19 heavy (non-hydrogen) atoms. The Balaban J connectivity index is 1.79. The van der Waals surface area contributed by atoms with Gasteiger partial charge in [0.15, 0.2) is 0 Å². The molecule has 0 saturated heterocycles. The van der Waals surface area contributed by atoms with Gasteiger partial charge in [0.2, 0.25) is 5.89 Å². The van der Waals surface area contributed by atoms with Crippen LogP contribution < -0.4 is 10.6 Å². The molecule has 108 valence electrons. The molecule has 0 aromatic carbocycles. The second-order valence-corrected chi connectivity index (χ2v) is 6.26. The molecule has 5 nitrogen and oxygen atoms in total. The maximum absolute atomic E-state index is 5.57. The van der Waals surface area contributed by atoms with Gasteiger partial charge in [-0.15, -0.1) is 5.10 Å². The number of rotatable bonds is 6. The zero-order valence-electron chi connectivity index (χ0n) is 12.3. The molecule has 1 aromatic heterocycles. The molecule has 1 aliphatic carbocycles. The summed E-state index contributed by atoms with van der Waals surface area (Å²) in [5, 5.41) is 14.6. The van der Waals surface area contributed by atoms with E-state index in [4.69, 9.17) is 4.42 Å². The van der Waals surface area contributed by atoms with Gasteiger partial charge in [0, 0.05) is 12.6 Å². The zero-order chi connectivity index (χ0) is 13.7. The fourth-order valence-electron chi connectivity index (χ4n) is 2.56. The molecular formula is C14H26N4O. The van der Waals surface area contributed by atoms with Crippen LogP contribution in [0, 0.1) is 5.41 Å². The van der Waals surface area contributed by atoms with Gasteiger partial charge in [0.25, 0.3) is 0 Å². The number of hydrogen-bond donors (Lipinski definition) is 2. The highest BCUT2D eigenvalue weighted by Gasteiger charge is 2.27. The number of nitrogens with zero attached hydrogens (tertiary/aromatic N) is 2. The molecule has 5 heteroatoms. The third-order valence-corrected chi connectivity index (χ3v) is 3.86. The highest BCUT2D eigenvalue weighted by Crippen LogP contribution is 2.35. The molecule has 0 radical (unpaired) electrons. The summed E-state index contributed by atoms with van der Waals surface area (Å²) in [5.74, 6) is 0.644. The summed E-state index contributed by atoms with van der Waals surface area (Å²) in [7, 11) is 0. The minimum absolute atomic E-state index is 0.378. The Morgan fingerprint density at radius 1 is 1.21 bits per heavy atom. The number of nitrogens with one attached hydrogen (secondary N) is 2. The summed E-state index contributed by atoms with van der Waals surface area (Å²) in [5.41, 5.74) is 0.378. The number of aromatic nitrogens is 2. The standard InChI is InChI=1S/C14H26N4O/c1-11(2)15-9-12-17-18-13(19-12)16-10-14(3)7-5-4-6-8-14/h11,15H,4-10H2,1-3H3,(H,16,18). The third-order valence-electron chi connectivity index (χ3n) is 3.86. The minimum atomic E-state index is 0.378. The van der Waals surface area contributed by atoms with Gasteiger partial charge in [-0.3, -0.25) is 0 Å². The van der Waals surface area contributed by atoms with E-state index in [0.29, 0.717) is 29.9 Å². The maximum atomic E-state index is 5.57. The molecule has 0 amide bonds. The predicted octanol–water partition coefficient (Wildman–Crippen LogP) is 2.95. The monoisotopic (exact) mass is 266 g/mol. The second-order valence-electron chi connectivity index (χ2n) is 6.26. The maximum Gasteiger partial charge on any atom is 0.315 e. The van der Waals surface area contributed by atoms with Crippen LogP contribution in [0.4, 0.5) is 6.01 Å². The zero-order valence-corrected chi connectivity index (χ0v) is 12.3. The lowest BCUT2D eigenvalue weighted by molar-refractivity contribution is 0.231. The average Bonchev–Trinajstić information content (AvgIpc) is 2.83. The molecule has 0 aliphatic heterocycles. The lowest BCUT2D eigenvalue weighted by Gasteiger charge is -2.33. The van der Waals surface area contributed by atoms with E-state index >= 15 is 0 Å². The van der Waals surface area contributed by atoms with E-state index in [1.165, 1.54) is 32.1 Å². The SMILES string of the molecule is CC(C)NCc1nnc(NCC2(C)CCCCC2)o1. The smallest absolute Gasteiger partial charge is 0.315 e. The van der Waals surface area contributed by atoms with Gasteiger partial charge < -0.3 is 15.1 Å². The minimum Gasteiger partial charge on any atom is -0.407 e. The fourth-order valence-corrected chi connectivity index (χ4v) is 2.56. The topological polar surface area (TPSA) is 63.0 Å². The summed E-state index contributed by atoms with van der Waals surface area (Å²) >= 11 is 0. The average molecular weight is 266 g/mol. The van der Waals surface area contributed by atoms with E-state index in [0.717, 1.165) is 6.54 Å². The molecule has 0 atom stereocenters. The van der Waals surface area contributed by atoms with Gasteiger partial charge in [0.05, 0.1) is 6.54 Å². The first-order valence-electron chi connectivity index (χ1n) is 7.37. The van der Waals surface area contributed by atoms with Gasteiger partial charge in [-0.05, 0) is 18.3 Å². The summed E-state index contributed by atoms with van der Waals surface area (Å²) in [6, 6.07) is 0.969. The Hall–Kier alpha value is -1.10. The third kappa shape index (κ3) is 4.49. The van der Waals surface area contributed by atoms with E-state index in [1.807, 2.05) is 0 Å². The Morgan fingerprint density at radius 2 is 1.95 bits per heavy atom. The lowest BCUT2D eigenvalue weighted by atomic mass is 9.76. The lowest BCUT2D eigenvalue weighted by Crippen LogP contribution is -2.28. The molecule has 1 heterocycles. The van der Waals surface area contributed by atoms with E-state index in [1.54, 1.807) is 0 Å².